The van der Waals surface area contributed by atoms with E-state index in [9.17, 15) is 25.0 Å². The zero-order chi connectivity index (χ0) is 25.9. The van der Waals surface area contributed by atoms with Gasteiger partial charge in [-0.15, -0.1) is 0 Å². The number of nitrogens with zero attached hydrogens (tertiary/aromatic N) is 5. The van der Waals surface area contributed by atoms with Gasteiger partial charge in [0.15, 0.2) is 5.76 Å². The SMILES string of the molecule is O=C(c1ccc(-c2ccccc2[N+](=O)[O-])o1)N1CCN(c2ccc([N+](=O)[O-])c(N3CCOCC3)c2)CC1. The first kappa shape index (κ1) is 24.3. The van der Waals surface area contributed by atoms with Gasteiger partial charge in [0.1, 0.15) is 11.4 Å². The first-order valence-corrected chi connectivity index (χ1v) is 11.9. The fourth-order valence-electron chi connectivity index (χ4n) is 4.68. The quantitative estimate of drug-likeness (QED) is 0.362. The van der Waals surface area contributed by atoms with Crippen LogP contribution in [0, 0.1) is 20.2 Å². The van der Waals surface area contributed by atoms with E-state index in [4.69, 9.17) is 9.15 Å². The molecule has 1 amide bonds. The summed E-state index contributed by atoms with van der Waals surface area (Å²) in [5.41, 5.74) is 1.71. The van der Waals surface area contributed by atoms with Gasteiger partial charge in [0.2, 0.25) is 0 Å². The van der Waals surface area contributed by atoms with E-state index in [-0.39, 0.29) is 33.7 Å². The van der Waals surface area contributed by atoms with Gasteiger partial charge in [-0.1, -0.05) is 12.1 Å². The van der Waals surface area contributed by atoms with E-state index < -0.39 is 4.92 Å². The van der Waals surface area contributed by atoms with Crippen LogP contribution in [0.3, 0.4) is 0 Å². The lowest BCUT2D eigenvalue weighted by atomic mass is 10.1. The molecule has 0 bridgehead atoms. The highest BCUT2D eigenvalue weighted by Gasteiger charge is 2.28. The van der Waals surface area contributed by atoms with Gasteiger partial charge in [-0.2, -0.15) is 0 Å². The zero-order valence-corrected chi connectivity index (χ0v) is 19.9. The van der Waals surface area contributed by atoms with Crippen molar-refractivity contribution >= 4 is 28.7 Å². The molecule has 0 spiro atoms. The zero-order valence-electron chi connectivity index (χ0n) is 19.9. The molecule has 0 unspecified atom stereocenters. The molecule has 0 radical (unpaired) electrons. The number of piperazine rings is 1. The second-order valence-corrected chi connectivity index (χ2v) is 8.75. The number of nitro groups is 2. The molecular formula is C25H25N5O7. The lowest BCUT2D eigenvalue weighted by molar-refractivity contribution is -0.384. The maximum absolute atomic E-state index is 13.1. The number of hydrogen-bond acceptors (Lipinski definition) is 9. The van der Waals surface area contributed by atoms with E-state index >= 15 is 0 Å². The minimum absolute atomic E-state index is 0.0618. The van der Waals surface area contributed by atoms with Crippen LogP contribution in [0.2, 0.25) is 0 Å². The summed E-state index contributed by atoms with van der Waals surface area (Å²) < 4.78 is 11.1. The Morgan fingerprint density at radius 1 is 0.784 bits per heavy atom. The van der Waals surface area contributed by atoms with E-state index in [0.717, 1.165) is 5.69 Å². The van der Waals surface area contributed by atoms with Gasteiger partial charge in [-0.05, 0) is 30.3 Å². The van der Waals surface area contributed by atoms with Crippen molar-refractivity contribution in [1.82, 2.24) is 4.90 Å². The number of hydrogen-bond donors (Lipinski definition) is 0. The van der Waals surface area contributed by atoms with E-state index in [1.165, 1.54) is 18.2 Å². The first-order valence-electron chi connectivity index (χ1n) is 11.9. The van der Waals surface area contributed by atoms with Gasteiger partial charge in [0, 0.05) is 57.1 Å². The smallest absolute Gasteiger partial charge is 0.292 e. The fourth-order valence-corrected chi connectivity index (χ4v) is 4.68. The van der Waals surface area contributed by atoms with Gasteiger partial charge in [0.05, 0.1) is 28.6 Å². The summed E-state index contributed by atoms with van der Waals surface area (Å²) in [5, 5.41) is 22.9. The average molecular weight is 508 g/mol. The van der Waals surface area contributed by atoms with Crippen molar-refractivity contribution in [3.8, 4) is 11.3 Å². The number of nitro benzene ring substituents is 2. The molecule has 3 aromatic rings. The van der Waals surface area contributed by atoms with Crippen molar-refractivity contribution in [3.63, 3.8) is 0 Å². The van der Waals surface area contributed by atoms with Crippen molar-refractivity contribution in [2.45, 2.75) is 0 Å². The Morgan fingerprint density at radius 3 is 2.19 bits per heavy atom. The van der Waals surface area contributed by atoms with Crippen molar-refractivity contribution in [2.24, 2.45) is 0 Å². The molecule has 12 nitrogen and oxygen atoms in total. The number of carbonyl (C=O) groups is 1. The van der Waals surface area contributed by atoms with Crippen LogP contribution >= 0.6 is 0 Å². The van der Waals surface area contributed by atoms with Crippen molar-refractivity contribution < 1.29 is 23.8 Å². The number of ether oxygens (including phenoxy) is 1. The minimum atomic E-state index is -0.485. The highest BCUT2D eigenvalue weighted by atomic mass is 16.6. The monoisotopic (exact) mass is 507 g/mol. The van der Waals surface area contributed by atoms with Crippen LogP contribution in [-0.4, -0.2) is 73.1 Å². The maximum atomic E-state index is 13.1. The minimum Gasteiger partial charge on any atom is -0.451 e. The van der Waals surface area contributed by atoms with E-state index in [0.29, 0.717) is 63.7 Å². The summed E-state index contributed by atoms with van der Waals surface area (Å²) >= 11 is 0. The van der Waals surface area contributed by atoms with Crippen molar-refractivity contribution in [1.29, 1.82) is 0 Å². The van der Waals surface area contributed by atoms with Gasteiger partial charge in [-0.3, -0.25) is 25.0 Å². The molecule has 0 atom stereocenters. The molecule has 0 N–H and O–H groups in total. The summed E-state index contributed by atoms with van der Waals surface area (Å²) in [4.78, 5) is 40.9. The molecular weight excluding hydrogens is 482 g/mol. The predicted octanol–water partition coefficient (Wildman–Crippen LogP) is 3.56. The number of morpholine rings is 1. The standard InChI is InChI=1S/C25H25N5O7/c31-25(24-8-7-23(37-24)19-3-1-2-4-20(19)29(32)33)28-11-9-26(10-12-28)18-5-6-21(30(34)35)22(17-18)27-13-15-36-16-14-27/h1-8,17H,9-16H2. The molecule has 2 aliphatic rings. The molecule has 37 heavy (non-hydrogen) atoms. The third-order valence-electron chi connectivity index (χ3n) is 6.62. The van der Waals surface area contributed by atoms with Crippen LogP contribution in [-0.2, 0) is 4.74 Å². The Morgan fingerprint density at radius 2 is 1.49 bits per heavy atom. The topological polar surface area (TPSA) is 135 Å². The van der Waals surface area contributed by atoms with E-state index in [2.05, 4.69) is 4.90 Å². The van der Waals surface area contributed by atoms with Crippen LogP contribution < -0.4 is 9.80 Å². The molecule has 5 rings (SSSR count). The highest BCUT2D eigenvalue weighted by molar-refractivity contribution is 5.92. The van der Waals surface area contributed by atoms with Gasteiger partial charge >= 0.3 is 0 Å². The second kappa shape index (κ2) is 10.3. The van der Waals surface area contributed by atoms with Crippen molar-refractivity contribution in [2.75, 3.05) is 62.3 Å². The number of benzene rings is 2. The summed E-state index contributed by atoms with van der Waals surface area (Å²) in [6.45, 7) is 4.18. The fraction of sp³-hybridized carbons (Fsp3) is 0.320. The second-order valence-electron chi connectivity index (χ2n) is 8.75. The Kier molecular flexibility index (Phi) is 6.73. The van der Waals surface area contributed by atoms with Crippen LogP contribution in [0.1, 0.15) is 10.6 Å². The summed E-state index contributed by atoms with van der Waals surface area (Å²) in [6, 6.07) is 14.4. The number of para-hydroxylation sites is 1. The van der Waals surface area contributed by atoms with Crippen LogP contribution in [0.4, 0.5) is 22.7 Å². The summed E-state index contributed by atoms with van der Waals surface area (Å²) in [6.07, 6.45) is 0. The predicted molar refractivity (Wildman–Crippen MR) is 135 cm³/mol. The normalized spacial score (nSPS) is 16.1. The number of rotatable bonds is 6. The Bertz CT molecular complexity index is 1330. The van der Waals surface area contributed by atoms with E-state index in [1.807, 2.05) is 11.0 Å². The molecule has 192 valence electrons. The van der Waals surface area contributed by atoms with Gasteiger partial charge in [0.25, 0.3) is 17.3 Å². The van der Waals surface area contributed by atoms with Crippen LogP contribution in [0.15, 0.2) is 59.0 Å². The molecule has 2 saturated heterocycles. The molecule has 2 aliphatic heterocycles. The summed E-state index contributed by atoms with van der Waals surface area (Å²) in [7, 11) is 0. The third-order valence-corrected chi connectivity index (χ3v) is 6.62. The molecule has 0 aliphatic carbocycles. The number of amides is 1. The highest BCUT2D eigenvalue weighted by Crippen LogP contribution is 2.34. The molecule has 2 fully saturated rings. The van der Waals surface area contributed by atoms with Crippen LogP contribution in [0.25, 0.3) is 11.3 Å². The number of furan rings is 1. The average Bonchev–Trinajstić information content (AvgIpc) is 3.43. The van der Waals surface area contributed by atoms with E-state index in [1.54, 1.807) is 35.2 Å². The summed E-state index contributed by atoms with van der Waals surface area (Å²) in [5.74, 6) is 0.0875. The number of carbonyl (C=O) groups excluding carboxylic acids is 1. The van der Waals surface area contributed by atoms with Gasteiger partial charge in [-0.25, -0.2) is 0 Å². The largest absolute Gasteiger partial charge is 0.451 e. The van der Waals surface area contributed by atoms with Gasteiger partial charge < -0.3 is 23.9 Å². The molecule has 12 heteroatoms. The Balaban J connectivity index is 1.28. The first-order chi connectivity index (χ1) is 17.9. The molecule has 0 saturated carbocycles. The number of anilines is 2. The third kappa shape index (κ3) is 4.96. The molecule has 3 heterocycles. The van der Waals surface area contributed by atoms with Crippen LogP contribution in [0.5, 0.6) is 0 Å². The van der Waals surface area contributed by atoms with Crippen molar-refractivity contribution in [3.05, 3.63) is 80.6 Å². The Labute approximate surface area is 211 Å². The Hall–Kier alpha value is -4.45. The maximum Gasteiger partial charge on any atom is 0.292 e. The molecule has 2 aromatic carbocycles. The lowest BCUT2D eigenvalue weighted by Crippen LogP contribution is -2.48. The molecule has 1 aromatic heterocycles. The lowest BCUT2D eigenvalue weighted by Gasteiger charge is -2.36.